The molecule has 4 nitrogen and oxygen atoms in total. The number of β-amino-alcohol motifs (C(OH)–C–C–N with tert-alkyl or cyclic N) is 1. The van der Waals surface area contributed by atoms with E-state index in [2.05, 4.69) is 4.74 Å². The van der Waals surface area contributed by atoms with Crippen LogP contribution in [0.4, 0.5) is 8.78 Å². The van der Waals surface area contributed by atoms with Crippen LogP contribution >= 0.6 is 0 Å². The van der Waals surface area contributed by atoms with Crippen molar-refractivity contribution in [2.24, 2.45) is 0 Å². The largest absolute Gasteiger partial charge is 0.434 e. The van der Waals surface area contributed by atoms with Gasteiger partial charge in [0.15, 0.2) is 0 Å². The first-order chi connectivity index (χ1) is 8.58. The maximum atomic E-state index is 12.2. The maximum absolute atomic E-state index is 12.2. The van der Waals surface area contributed by atoms with Crippen molar-refractivity contribution >= 4 is 5.91 Å². The second-order valence-corrected chi connectivity index (χ2v) is 4.07. The molecule has 0 aliphatic carbocycles. The number of nitrogens with zero attached hydrogens (tertiary/aromatic N) is 1. The maximum Gasteiger partial charge on any atom is 0.387 e. The van der Waals surface area contributed by atoms with E-state index in [4.69, 9.17) is 0 Å². The highest BCUT2D eigenvalue weighted by Gasteiger charge is 2.27. The minimum atomic E-state index is -2.97. The molecule has 1 aromatic carbocycles. The summed E-state index contributed by atoms with van der Waals surface area (Å²) in [7, 11) is 0. The van der Waals surface area contributed by atoms with Crippen molar-refractivity contribution in [3.8, 4) is 5.75 Å². The molecule has 2 rings (SSSR count). The second kappa shape index (κ2) is 5.30. The lowest BCUT2D eigenvalue weighted by atomic mass is 10.2. The number of hydrogen-bond acceptors (Lipinski definition) is 3. The molecule has 18 heavy (non-hydrogen) atoms. The van der Waals surface area contributed by atoms with Gasteiger partial charge in [0.1, 0.15) is 5.75 Å². The van der Waals surface area contributed by atoms with Crippen LogP contribution in [0.3, 0.4) is 0 Å². The summed E-state index contributed by atoms with van der Waals surface area (Å²) in [4.78, 5) is 13.5. The van der Waals surface area contributed by atoms with Gasteiger partial charge in [-0.1, -0.05) is 12.1 Å². The Labute approximate surface area is 103 Å². The lowest BCUT2D eigenvalue weighted by Gasteiger charge is -2.17. The number of likely N-dealkylation sites (tertiary alicyclic amines) is 1. The highest BCUT2D eigenvalue weighted by atomic mass is 19.3. The fourth-order valence-electron chi connectivity index (χ4n) is 1.94. The number of para-hydroxylation sites is 1. The smallest absolute Gasteiger partial charge is 0.387 e. The van der Waals surface area contributed by atoms with E-state index in [0.717, 1.165) is 0 Å². The molecule has 1 aromatic rings. The molecule has 1 amide bonds. The van der Waals surface area contributed by atoms with Crippen LogP contribution in [0.1, 0.15) is 16.8 Å². The molecule has 0 spiro atoms. The predicted molar refractivity (Wildman–Crippen MR) is 59.6 cm³/mol. The molecule has 0 bridgehead atoms. The van der Waals surface area contributed by atoms with E-state index in [-0.39, 0.29) is 17.9 Å². The van der Waals surface area contributed by atoms with Crippen LogP contribution in [0, 0.1) is 0 Å². The number of halogens is 2. The molecule has 1 atom stereocenters. The second-order valence-electron chi connectivity index (χ2n) is 4.07. The summed E-state index contributed by atoms with van der Waals surface area (Å²) in [6.45, 7) is -2.33. The van der Waals surface area contributed by atoms with Gasteiger partial charge in [-0.3, -0.25) is 4.79 Å². The highest BCUT2D eigenvalue weighted by Crippen LogP contribution is 2.23. The van der Waals surface area contributed by atoms with Crippen LogP contribution in [0.5, 0.6) is 5.75 Å². The first-order valence-electron chi connectivity index (χ1n) is 5.59. The normalized spacial score (nSPS) is 19.3. The Morgan fingerprint density at radius 1 is 1.44 bits per heavy atom. The Bertz CT molecular complexity index is 439. The Hall–Kier alpha value is -1.69. The van der Waals surface area contributed by atoms with E-state index >= 15 is 0 Å². The van der Waals surface area contributed by atoms with Crippen LogP contribution in [0.25, 0.3) is 0 Å². The first-order valence-corrected chi connectivity index (χ1v) is 5.59. The van der Waals surface area contributed by atoms with Crippen LogP contribution in [-0.4, -0.2) is 41.7 Å². The van der Waals surface area contributed by atoms with Gasteiger partial charge >= 0.3 is 6.61 Å². The van der Waals surface area contributed by atoms with E-state index in [0.29, 0.717) is 13.0 Å². The van der Waals surface area contributed by atoms with Crippen molar-refractivity contribution in [3.63, 3.8) is 0 Å². The molecule has 0 saturated carbocycles. The van der Waals surface area contributed by atoms with Crippen molar-refractivity contribution in [2.75, 3.05) is 13.1 Å². The Morgan fingerprint density at radius 2 is 2.17 bits per heavy atom. The standard InChI is InChI=1S/C12H13F2NO3/c13-12(14)18-10-4-2-1-3-9(10)11(17)15-6-5-8(16)7-15/h1-4,8,12,16H,5-7H2/t8-/m0/s1. The zero-order valence-electron chi connectivity index (χ0n) is 9.55. The van der Waals surface area contributed by atoms with Crippen LogP contribution in [0.15, 0.2) is 24.3 Å². The van der Waals surface area contributed by atoms with Crippen LogP contribution < -0.4 is 4.74 Å². The van der Waals surface area contributed by atoms with Gasteiger partial charge in [-0.25, -0.2) is 0 Å². The first kappa shape index (κ1) is 12.8. The number of aliphatic hydroxyl groups is 1. The Morgan fingerprint density at radius 3 is 2.78 bits per heavy atom. The minimum absolute atomic E-state index is 0.0897. The zero-order chi connectivity index (χ0) is 13.1. The van der Waals surface area contributed by atoms with Gasteiger partial charge in [0, 0.05) is 13.1 Å². The molecule has 1 fully saturated rings. The fourth-order valence-corrected chi connectivity index (χ4v) is 1.94. The molecule has 1 heterocycles. The van der Waals surface area contributed by atoms with E-state index < -0.39 is 18.6 Å². The number of benzene rings is 1. The number of rotatable bonds is 3. The summed E-state index contributed by atoms with van der Waals surface area (Å²) in [5, 5.41) is 9.36. The molecular formula is C12H13F2NO3. The molecule has 0 aromatic heterocycles. The van der Waals surface area contributed by atoms with E-state index in [1.165, 1.54) is 23.1 Å². The van der Waals surface area contributed by atoms with Gasteiger partial charge in [0.25, 0.3) is 5.91 Å². The van der Waals surface area contributed by atoms with Gasteiger partial charge in [-0.15, -0.1) is 0 Å². The number of hydrogen-bond donors (Lipinski definition) is 1. The van der Waals surface area contributed by atoms with Crippen LogP contribution in [-0.2, 0) is 0 Å². The van der Waals surface area contributed by atoms with Gasteiger partial charge in [0.05, 0.1) is 11.7 Å². The average molecular weight is 257 g/mol. The number of amides is 1. The van der Waals surface area contributed by atoms with Crippen LogP contribution in [0.2, 0.25) is 0 Å². The third-order valence-electron chi connectivity index (χ3n) is 2.78. The quantitative estimate of drug-likeness (QED) is 0.892. The summed E-state index contributed by atoms with van der Waals surface area (Å²) >= 11 is 0. The number of ether oxygens (including phenoxy) is 1. The lowest BCUT2D eigenvalue weighted by molar-refractivity contribution is -0.0502. The van der Waals surface area contributed by atoms with Gasteiger partial charge in [-0.2, -0.15) is 8.78 Å². The topological polar surface area (TPSA) is 49.8 Å². The van der Waals surface area contributed by atoms with Crippen molar-refractivity contribution in [2.45, 2.75) is 19.1 Å². The Kier molecular flexibility index (Phi) is 3.76. The molecule has 6 heteroatoms. The Balaban J connectivity index is 2.19. The molecule has 1 aliphatic heterocycles. The molecule has 1 N–H and O–H groups in total. The van der Waals surface area contributed by atoms with Gasteiger partial charge in [-0.05, 0) is 18.6 Å². The minimum Gasteiger partial charge on any atom is -0.434 e. The monoisotopic (exact) mass is 257 g/mol. The molecular weight excluding hydrogens is 244 g/mol. The summed E-state index contributed by atoms with van der Waals surface area (Å²) in [6, 6.07) is 5.86. The summed E-state index contributed by atoms with van der Waals surface area (Å²) in [6.07, 6.45) is -0.0407. The van der Waals surface area contributed by atoms with E-state index in [1.54, 1.807) is 6.07 Å². The third-order valence-corrected chi connectivity index (χ3v) is 2.78. The van der Waals surface area contributed by atoms with Crippen molar-refractivity contribution in [3.05, 3.63) is 29.8 Å². The molecule has 1 aliphatic rings. The number of carbonyl (C=O) groups is 1. The molecule has 98 valence electrons. The molecule has 0 radical (unpaired) electrons. The van der Waals surface area contributed by atoms with E-state index in [1.807, 2.05) is 0 Å². The van der Waals surface area contributed by atoms with Crippen molar-refractivity contribution in [1.82, 2.24) is 4.90 Å². The van der Waals surface area contributed by atoms with Crippen molar-refractivity contribution in [1.29, 1.82) is 0 Å². The van der Waals surface area contributed by atoms with Crippen molar-refractivity contribution < 1.29 is 23.4 Å². The third kappa shape index (κ3) is 2.76. The highest BCUT2D eigenvalue weighted by molar-refractivity contribution is 5.97. The zero-order valence-corrected chi connectivity index (χ0v) is 9.55. The SMILES string of the molecule is O=C(c1ccccc1OC(F)F)N1CC[C@H](O)C1. The predicted octanol–water partition coefficient (Wildman–Crippen LogP) is 1.49. The summed E-state index contributed by atoms with van der Waals surface area (Å²) in [5.41, 5.74) is 0.0897. The summed E-state index contributed by atoms with van der Waals surface area (Å²) in [5.74, 6) is -0.540. The average Bonchev–Trinajstić information content (AvgIpc) is 2.75. The van der Waals surface area contributed by atoms with E-state index in [9.17, 15) is 18.7 Å². The number of aliphatic hydroxyl groups excluding tert-OH is 1. The number of alkyl halides is 2. The number of carbonyl (C=O) groups excluding carboxylic acids is 1. The molecule has 1 saturated heterocycles. The summed E-state index contributed by atoms with van der Waals surface area (Å²) < 4.78 is 28.7. The van der Waals surface area contributed by atoms with Gasteiger partial charge < -0.3 is 14.7 Å². The molecule has 0 unspecified atom stereocenters. The van der Waals surface area contributed by atoms with Gasteiger partial charge in [0.2, 0.25) is 0 Å². The fraction of sp³-hybridized carbons (Fsp3) is 0.417. The lowest BCUT2D eigenvalue weighted by Crippen LogP contribution is -2.30.